The molecule has 4 rings (SSSR count). The van der Waals surface area contributed by atoms with Gasteiger partial charge in [-0.15, -0.1) is 4.40 Å². The summed E-state index contributed by atoms with van der Waals surface area (Å²) in [5, 5.41) is 0. The van der Waals surface area contributed by atoms with Gasteiger partial charge in [0.05, 0.1) is 9.79 Å². The maximum Gasteiger partial charge on any atom is 0.283 e. The Bertz CT molecular complexity index is 1380. The van der Waals surface area contributed by atoms with E-state index in [1.165, 1.54) is 30.5 Å². The van der Waals surface area contributed by atoms with E-state index in [0.717, 1.165) is 21.0 Å². The fraction of sp³-hybridized carbons (Fsp3) is 0.0870. The van der Waals surface area contributed by atoms with Crippen LogP contribution in [0.1, 0.15) is 16.7 Å². The lowest BCUT2D eigenvalue weighted by Crippen LogP contribution is -2.33. The highest BCUT2D eigenvalue weighted by Crippen LogP contribution is 2.25. The molecule has 1 aliphatic heterocycles. The number of sulfonamides is 2. The van der Waals surface area contributed by atoms with E-state index < -0.39 is 20.0 Å². The zero-order valence-corrected chi connectivity index (χ0v) is 18.3. The topological polar surface area (TPSA) is 83.9 Å². The van der Waals surface area contributed by atoms with E-state index in [4.69, 9.17) is 0 Å². The summed E-state index contributed by atoms with van der Waals surface area (Å²) in [5.74, 6) is -0.0920. The summed E-state index contributed by atoms with van der Waals surface area (Å²) in [5.41, 5.74) is 2.49. The highest BCUT2D eigenvalue weighted by Gasteiger charge is 2.30. The van der Waals surface area contributed by atoms with Crippen LogP contribution in [0.5, 0.6) is 0 Å². The van der Waals surface area contributed by atoms with Crippen LogP contribution < -0.4 is 0 Å². The summed E-state index contributed by atoms with van der Waals surface area (Å²) >= 11 is 0. The van der Waals surface area contributed by atoms with Crippen molar-refractivity contribution in [3.63, 3.8) is 0 Å². The molecule has 0 N–H and O–H groups in total. The van der Waals surface area contributed by atoms with Gasteiger partial charge in [-0.05, 0) is 48.4 Å². The van der Waals surface area contributed by atoms with Crippen LogP contribution in [0.25, 0.3) is 6.08 Å². The average molecular weight is 453 g/mol. The minimum absolute atomic E-state index is 0.00306. The van der Waals surface area contributed by atoms with E-state index >= 15 is 0 Å². The molecular formula is C23H20N2O4S2. The molecule has 0 fully saturated rings. The lowest BCUT2D eigenvalue weighted by atomic mass is 10.1. The van der Waals surface area contributed by atoms with Crippen molar-refractivity contribution < 1.29 is 16.8 Å². The molecule has 158 valence electrons. The molecule has 0 bridgehead atoms. The molecule has 1 aliphatic rings. The van der Waals surface area contributed by atoms with Crippen molar-refractivity contribution in [1.82, 2.24) is 4.31 Å². The number of hydrogen-bond donors (Lipinski definition) is 0. The Morgan fingerprint density at radius 2 is 1.42 bits per heavy atom. The van der Waals surface area contributed by atoms with Crippen LogP contribution in [0, 0.1) is 6.92 Å². The standard InChI is InChI=1S/C23H20N2O4S2/c1-18-11-13-22(14-12-18)31(28,29)25-16-15-19-7-5-6-8-20(19)17-23(25)24-30(26,27)21-9-3-2-4-10-21/h2-16H,17H2,1H3/b24-23+. The van der Waals surface area contributed by atoms with Gasteiger partial charge >= 0.3 is 0 Å². The van der Waals surface area contributed by atoms with Crippen LogP contribution in [0.15, 0.2) is 99.3 Å². The molecule has 0 atom stereocenters. The summed E-state index contributed by atoms with van der Waals surface area (Å²) in [7, 11) is -8.19. The lowest BCUT2D eigenvalue weighted by molar-refractivity contribution is 0.562. The molecule has 0 aromatic heterocycles. The summed E-state index contributed by atoms with van der Waals surface area (Å²) in [6.45, 7) is 1.86. The molecule has 0 unspecified atom stereocenters. The molecule has 6 nitrogen and oxygen atoms in total. The van der Waals surface area contributed by atoms with Crippen LogP contribution in [0.3, 0.4) is 0 Å². The Balaban J connectivity index is 1.88. The van der Waals surface area contributed by atoms with E-state index in [-0.39, 0.29) is 22.0 Å². The van der Waals surface area contributed by atoms with Gasteiger partial charge in [-0.2, -0.15) is 8.42 Å². The van der Waals surface area contributed by atoms with Crippen molar-refractivity contribution in [2.45, 2.75) is 23.1 Å². The zero-order valence-electron chi connectivity index (χ0n) is 16.7. The highest BCUT2D eigenvalue weighted by molar-refractivity contribution is 7.91. The molecule has 0 saturated heterocycles. The van der Waals surface area contributed by atoms with Crippen LogP contribution in [-0.2, 0) is 26.5 Å². The van der Waals surface area contributed by atoms with Crippen LogP contribution in [0.4, 0.5) is 0 Å². The number of benzene rings is 3. The maximum absolute atomic E-state index is 13.4. The second-order valence-corrected chi connectivity index (χ2v) is 10.5. The predicted molar refractivity (Wildman–Crippen MR) is 120 cm³/mol. The van der Waals surface area contributed by atoms with Gasteiger partial charge in [-0.1, -0.05) is 60.2 Å². The van der Waals surface area contributed by atoms with Crippen molar-refractivity contribution in [2.24, 2.45) is 4.40 Å². The van der Waals surface area contributed by atoms with Crippen molar-refractivity contribution >= 4 is 32.0 Å². The minimum atomic E-state index is -4.11. The first-order valence-electron chi connectivity index (χ1n) is 9.53. The normalized spacial score (nSPS) is 15.5. The average Bonchev–Trinajstić information content (AvgIpc) is 2.94. The van der Waals surface area contributed by atoms with Gasteiger partial charge in [-0.3, -0.25) is 0 Å². The van der Waals surface area contributed by atoms with Gasteiger partial charge in [0.2, 0.25) is 0 Å². The zero-order chi connectivity index (χ0) is 22.1. The number of rotatable bonds is 4. The molecule has 1 heterocycles. The molecule has 0 saturated carbocycles. The fourth-order valence-electron chi connectivity index (χ4n) is 3.24. The molecule has 0 spiro atoms. The van der Waals surface area contributed by atoms with E-state index in [1.807, 2.05) is 31.2 Å². The summed E-state index contributed by atoms with van der Waals surface area (Å²) in [6.07, 6.45) is 3.05. The first-order chi connectivity index (χ1) is 14.8. The van der Waals surface area contributed by atoms with Gasteiger partial charge in [0, 0.05) is 12.6 Å². The second-order valence-electron chi connectivity index (χ2n) is 7.10. The third kappa shape index (κ3) is 4.30. The van der Waals surface area contributed by atoms with E-state index in [9.17, 15) is 16.8 Å². The number of nitrogens with zero attached hydrogens (tertiary/aromatic N) is 2. The van der Waals surface area contributed by atoms with Crippen molar-refractivity contribution in [3.05, 3.63) is 102 Å². The van der Waals surface area contributed by atoms with Crippen LogP contribution in [0.2, 0.25) is 0 Å². The molecule has 0 radical (unpaired) electrons. The first kappa shape index (κ1) is 21.0. The van der Waals surface area contributed by atoms with E-state index in [1.54, 1.807) is 36.4 Å². The Morgan fingerprint density at radius 3 is 2.13 bits per heavy atom. The first-order valence-corrected chi connectivity index (χ1v) is 12.4. The number of fused-ring (bicyclic) bond motifs is 1. The Morgan fingerprint density at radius 1 is 0.774 bits per heavy atom. The van der Waals surface area contributed by atoms with Gasteiger partial charge in [0.15, 0.2) is 0 Å². The van der Waals surface area contributed by atoms with Crippen molar-refractivity contribution in [3.8, 4) is 0 Å². The summed E-state index contributed by atoms with van der Waals surface area (Å²) < 4.78 is 57.7. The molecule has 0 amide bonds. The lowest BCUT2D eigenvalue weighted by Gasteiger charge is -2.21. The SMILES string of the molecule is Cc1ccc(S(=O)(=O)N2C=Cc3ccccc3C/C2=N\S(=O)(=O)c2ccccc2)cc1. The van der Waals surface area contributed by atoms with E-state index in [0.29, 0.717) is 0 Å². The quantitative estimate of drug-likeness (QED) is 0.599. The number of aryl methyl sites for hydroxylation is 1. The maximum atomic E-state index is 13.4. The Hall–Kier alpha value is -3.23. The van der Waals surface area contributed by atoms with E-state index in [2.05, 4.69) is 4.40 Å². The Kier molecular flexibility index (Phi) is 5.51. The Labute approximate surface area is 182 Å². The molecule has 3 aromatic rings. The third-order valence-corrected chi connectivity index (χ3v) is 7.93. The minimum Gasteiger partial charge on any atom is -0.227 e. The van der Waals surface area contributed by atoms with Crippen molar-refractivity contribution in [2.75, 3.05) is 0 Å². The molecule has 0 aliphatic carbocycles. The van der Waals surface area contributed by atoms with Crippen LogP contribution >= 0.6 is 0 Å². The molecular weight excluding hydrogens is 432 g/mol. The van der Waals surface area contributed by atoms with Crippen molar-refractivity contribution in [1.29, 1.82) is 0 Å². The summed E-state index contributed by atoms with van der Waals surface area (Å²) in [6, 6.07) is 21.5. The number of hydrogen-bond acceptors (Lipinski definition) is 4. The largest absolute Gasteiger partial charge is 0.283 e. The number of amidine groups is 1. The van der Waals surface area contributed by atoms with Gasteiger partial charge < -0.3 is 0 Å². The fourth-order valence-corrected chi connectivity index (χ4v) is 5.64. The van der Waals surface area contributed by atoms with Gasteiger partial charge in [0.25, 0.3) is 20.0 Å². The van der Waals surface area contributed by atoms with Gasteiger partial charge in [0.1, 0.15) is 5.84 Å². The monoisotopic (exact) mass is 452 g/mol. The molecule has 8 heteroatoms. The van der Waals surface area contributed by atoms with Gasteiger partial charge in [-0.25, -0.2) is 12.7 Å². The predicted octanol–water partition coefficient (Wildman–Crippen LogP) is 4.00. The van der Waals surface area contributed by atoms with Crippen LogP contribution in [-0.4, -0.2) is 27.0 Å². The molecule has 3 aromatic carbocycles. The highest BCUT2D eigenvalue weighted by atomic mass is 32.2. The summed E-state index contributed by atoms with van der Waals surface area (Å²) in [4.78, 5) is 0.0511. The third-order valence-electron chi connectivity index (χ3n) is 4.89. The molecule has 31 heavy (non-hydrogen) atoms. The smallest absolute Gasteiger partial charge is 0.227 e. The second kappa shape index (κ2) is 8.13.